The van der Waals surface area contributed by atoms with Crippen molar-refractivity contribution in [3.8, 4) is 5.75 Å². The monoisotopic (exact) mass is 177 g/mol. The van der Waals surface area contributed by atoms with E-state index in [4.69, 9.17) is 10.5 Å². The molecule has 0 spiro atoms. The molecule has 0 fully saturated rings. The molecule has 0 aromatic heterocycles. The summed E-state index contributed by atoms with van der Waals surface area (Å²) in [6.45, 7) is 0.479. The Morgan fingerprint density at radius 1 is 1.54 bits per heavy atom. The second kappa shape index (κ2) is 2.97. The summed E-state index contributed by atoms with van der Waals surface area (Å²) in [5.74, 6) is 1.62. The highest BCUT2D eigenvalue weighted by molar-refractivity contribution is 5.99. The van der Waals surface area contributed by atoms with Crippen LogP contribution >= 0.6 is 0 Å². The van der Waals surface area contributed by atoms with Crippen LogP contribution in [0.3, 0.4) is 0 Å². The number of aliphatic imine (C=N–C) groups is 1. The summed E-state index contributed by atoms with van der Waals surface area (Å²) in [4.78, 5) is 4.02. The maximum absolute atomic E-state index is 5.61. The number of hydrogen-bond acceptors (Lipinski definition) is 3. The van der Waals surface area contributed by atoms with E-state index in [1.165, 1.54) is 0 Å². The van der Waals surface area contributed by atoms with Crippen LogP contribution in [-0.4, -0.2) is 19.5 Å². The van der Waals surface area contributed by atoms with Crippen LogP contribution in [0.1, 0.15) is 0 Å². The highest BCUT2D eigenvalue weighted by atomic mass is 16.5. The van der Waals surface area contributed by atoms with E-state index < -0.39 is 0 Å². The fourth-order valence-corrected chi connectivity index (χ4v) is 1.22. The van der Waals surface area contributed by atoms with Crippen molar-refractivity contribution >= 4 is 17.2 Å². The minimum Gasteiger partial charge on any atom is -0.483 e. The molecule has 0 saturated carbocycles. The van der Waals surface area contributed by atoms with Gasteiger partial charge in [-0.25, -0.2) is 0 Å². The quantitative estimate of drug-likeness (QED) is 0.583. The smallest absolute Gasteiger partial charge is 0.145 e. The Morgan fingerprint density at radius 3 is 3.15 bits per heavy atom. The number of nitrogens with one attached hydrogen (secondary N) is 1. The van der Waals surface area contributed by atoms with E-state index in [0.29, 0.717) is 12.3 Å². The number of nitrogen functional groups attached to an aromatic ring is 1. The van der Waals surface area contributed by atoms with Crippen LogP contribution < -0.4 is 15.8 Å². The standard InChI is InChI=1S/C9H11N3O/c1-11-9-5-13-8-4-6(10)2-3-7(8)12-9/h2-4H,5,10H2,1H3,(H,11,12). The molecule has 1 aliphatic heterocycles. The lowest BCUT2D eigenvalue weighted by Gasteiger charge is -2.20. The van der Waals surface area contributed by atoms with Crippen LogP contribution in [0.4, 0.5) is 11.4 Å². The molecule has 1 aliphatic rings. The maximum atomic E-state index is 5.61. The van der Waals surface area contributed by atoms with Gasteiger partial charge in [0.15, 0.2) is 0 Å². The normalized spacial score (nSPS) is 17.5. The van der Waals surface area contributed by atoms with Crippen LogP contribution in [0, 0.1) is 0 Å². The van der Waals surface area contributed by atoms with Gasteiger partial charge in [-0.05, 0) is 12.1 Å². The Kier molecular flexibility index (Phi) is 1.81. The molecule has 1 aromatic carbocycles. The molecule has 1 aromatic rings. The van der Waals surface area contributed by atoms with E-state index in [9.17, 15) is 0 Å². The number of rotatable bonds is 0. The van der Waals surface area contributed by atoms with Crippen LogP contribution in [0.25, 0.3) is 0 Å². The van der Waals surface area contributed by atoms with Crippen molar-refractivity contribution in [2.75, 3.05) is 24.7 Å². The third-order valence-electron chi connectivity index (χ3n) is 1.92. The second-order valence-electron chi connectivity index (χ2n) is 2.84. The highest BCUT2D eigenvalue weighted by Crippen LogP contribution is 2.29. The Bertz CT molecular complexity index is 360. The number of hydrogen-bond donors (Lipinski definition) is 2. The van der Waals surface area contributed by atoms with Gasteiger partial charge in [0.25, 0.3) is 0 Å². The lowest BCUT2D eigenvalue weighted by molar-refractivity contribution is 0.372. The lowest BCUT2D eigenvalue weighted by atomic mass is 10.2. The van der Waals surface area contributed by atoms with Gasteiger partial charge < -0.3 is 15.8 Å². The molecule has 68 valence electrons. The van der Waals surface area contributed by atoms with E-state index in [1.807, 2.05) is 12.1 Å². The van der Waals surface area contributed by atoms with Crippen LogP contribution in [-0.2, 0) is 0 Å². The summed E-state index contributed by atoms with van der Waals surface area (Å²) in [6, 6.07) is 5.51. The van der Waals surface area contributed by atoms with Gasteiger partial charge in [-0.1, -0.05) is 0 Å². The number of fused-ring (bicyclic) bond motifs is 1. The third kappa shape index (κ3) is 1.42. The molecule has 0 bridgehead atoms. The Hall–Kier alpha value is -1.71. The van der Waals surface area contributed by atoms with Crippen molar-refractivity contribution < 1.29 is 4.74 Å². The van der Waals surface area contributed by atoms with Crippen LogP contribution in [0.5, 0.6) is 5.75 Å². The lowest BCUT2D eigenvalue weighted by Crippen LogP contribution is -2.25. The molecule has 4 heteroatoms. The first-order chi connectivity index (χ1) is 6.29. The zero-order valence-electron chi connectivity index (χ0n) is 7.37. The molecule has 1 heterocycles. The van der Waals surface area contributed by atoms with Gasteiger partial charge in [0.05, 0.1) is 5.69 Å². The third-order valence-corrected chi connectivity index (χ3v) is 1.92. The first-order valence-electron chi connectivity index (χ1n) is 4.04. The number of amidine groups is 1. The van der Waals surface area contributed by atoms with E-state index in [0.717, 1.165) is 17.3 Å². The summed E-state index contributed by atoms with van der Waals surface area (Å²) in [5.41, 5.74) is 7.23. The van der Waals surface area contributed by atoms with Crippen molar-refractivity contribution in [3.63, 3.8) is 0 Å². The van der Waals surface area contributed by atoms with Crippen molar-refractivity contribution in [3.05, 3.63) is 18.2 Å². The minimum atomic E-state index is 0.479. The fraction of sp³-hybridized carbons (Fsp3) is 0.222. The molecule has 0 unspecified atom stereocenters. The van der Waals surface area contributed by atoms with Gasteiger partial charge in [0.1, 0.15) is 18.2 Å². The largest absolute Gasteiger partial charge is 0.483 e. The number of nitrogens with zero attached hydrogens (tertiary/aromatic N) is 1. The fourth-order valence-electron chi connectivity index (χ4n) is 1.22. The van der Waals surface area contributed by atoms with E-state index in [2.05, 4.69) is 10.3 Å². The molecule has 0 amide bonds. The Labute approximate surface area is 76.4 Å². The Morgan fingerprint density at radius 2 is 2.38 bits per heavy atom. The summed E-state index contributed by atoms with van der Waals surface area (Å²) < 4.78 is 5.43. The number of anilines is 2. The van der Waals surface area contributed by atoms with Gasteiger partial charge in [0, 0.05) is 18.8 Å². The maximum Gasteiger partial charge on any atom is 0.145 e. The van der Waals surface area contributed by atoms with Gasteiger partial charge in [-0.2, -0.15) is 0 Å². The van der Waals surface area contributed by atoms with Crippen molar-refractivity contribution in [1.82, 2.24) is 0 Å². The molecular weight excluding hydrogens is 166 g/mol. The second-order valence-corrected chi connectivity index (χ2v) is 2.84. The van der Waals surface area contributed by atoms with Crippen LogP contribution in [0.2, 0.25) is 0 Å². The van der Waals surface area contributed by atoms with Crippen molar-refractivity contribution in [1.29, 1.82) is 0 Å². The van der Waals surface area contributed by atoms with Gasteiger partial charge in [-0.15, -0.1) is 0 Å². The molecular formula is C9H11N3O. The highest BCUT2D eigenvalue weighted by Gasteiger charge is 2.13. The first kappa shape index (κ1) is 7.91. The van der Waals surface area contributed by atoms with Gasteiger partial charge in [-0.3, -0.25) is 4.99 Å². The predicted octanol–water partition coefficient (Wildman–Crippen LogP) is 1.10. The minimum absolute atomic E-state index is 0.479. The number of benzene rings is 1. The molecule has 13 heavy (non-hydrogen) atoms. The summed E-state index contributed by atoms with van der Waals surface area (Å²) >= 11 is 0. The number of nitrogens with two attached hydrogens (primary N) is 1. The van der Waals surface area contributed by atoms with Crippen molar-refractivity contribution in [2.24, 2.45) is 4.99 Å². The SMILES string of the molecule is CN=C1COc2cc(N)ccc2N1. The molecule has 4 nitrogen and oxygen atoms in total. The summed E-state index contributed by atoms with van der Waals surface area (Å²) in [7, 11) is 1.73. The van der Waals surface area contributed by atoms with E-state index in [-0.39, 0.29) is 0 Å². The van der Waals surface area contributed by atoms with Gasteiger partial charge >= 0.3 is 0 Å². The first-order valence-corrected chi connectivity index (χ1v) is 4.04. The zero-order valence-corrected chi connectivity index (χ0v) is 7.37. The van der Waals surface area contributed by atoms with Crippen LogP contribution in [0.15, 0.2) is 23.2 Å². The Balaban J connectivity index is 2.37. The molecule has 3 N–H and O–H groups in total. The molecule has 0 atom stereocenters. The van der Waals surface area contributed by atoms with Crippen molar-refractivity contribution in [2.45, 2.75) is 0 Å². The molecule has 0 saturated heterocycles. The number of ether oxygens (including phenoxy) is 1. The topological polar surface area (TPSA) is 59.6 Å². The molecule has 0 radical (unpaired) electrons. The van der Waals surface area contributed by atoms with E-state index >= 15 is 0 Å². The average Bonchev–Trinajstić information content (AvgIpc) is 2.17. The molecule has 0 aliphatic carbocycles. The molecule has 2 rings (SSSR count). The van der Waals surface area contributed by atoms with Gasteiger partial charge in [0.2, 0.25) is 0 Å². The summed E-state index contributed by atoms with van der Waals surface area (Å²) in [6.07, 6.45) is 0. The van der Waals surface area contributed by atoms with E-state index in [1.54, 1.807) is 13.1 Å². The zero-order chi connectivity index (χ0) is 9.26. The predicted molar refractivity (Wildman–Crippen MR) is 53.3 cm³/mol. The summed E-state index contributed by atoms with van der Waals surface area (Å²) in [5, 5.41) is 3.14. The average molecular weight is 177 g/mol.